The van der Waals surface area contributed by atoms with Gasteiger partial charge in [0.25, 0.3) is 5.56 Å². The number of hydrogen-bond acceptors (Lipinski definition) is 4. The largest absolute Gasteiger partial charge is 0.379 e. The lowest BCUT2D eigenvalue weighted by molar-refractivity contribution is 0.356. The average molecular weight is 359 g/mol. The van der Waals surface area contributed by atoms with E-state index in [0.717, 1.165) is 25.1 Å². The molecule has 6 heteroatoms. The number of nitrogens with one attached hydrogen (secondary N) is 1. The molecule has 0 bridgehead atoms. The second-order valence-electron chi connectivity index (χ2n) is 6.13. The normalized spacial score (nSPS) is 13.0. The van der Waals surface area contributed by atoms with Crippen molar-refractivity contribution < 1.29 is 0 Å². The molecule has 120 valence electrons. The Kier molecular flexibility index (Phi) is 7.39. The molecular weight excluding hydrogens is 332 g/mol. The molecule has 1 rings (SSSR count). The van der Waals surface area contributed by atoms with Crippen LogP contribution < -0.4 is 10.9 Å². The summed E-state index contributed by atoms with van der Waals surface area (Å²) in [4.78, 5) is 14.4. The van der Waals surface area contributed by atoms with Gasteiger partial charge < -0.3 is 10.2 Å². The van der Waals surface area contributed by atoms with E-state index in [1.807, 2.05) is 6.92 Å². The van der Waals surface area contributed by atoms with Crippen LogP contribution in [0.25, 0.3) is 0 Å². The number of anilines is 1. The fraction of sp³-hybridized carbons (Fsp3) is 0.733. The lowest BCUT2D eigenvalue weighted by Gasteiger charge is -2.25. The molecule has 0 aliphatic heterocycles. The molecule has 5 nitrogen and oxygen atoms in total. The Bertz CT molecular complexity index is 489. The van der Waals surface area contributed by atoms with E-state index in [1.165, 1.54) is 4.68 Å². The zero-order valence-corrected chi connectivity index (χ0v) is 15.3. The molecule has 1 aromatic heterocycles. The second-order valence-corrected chi connectivity index (χ2v) is 6.93. The maximum atomic E-state index is 12.2. The van der Waals surface area contributed by atoms with Gasteiger partial charge in [-0.3, -0.25) is 4.79 Å². The van der Waals surface area contributed by atoms with Crippen molar-refractivity contribution >= 4 is 21.6 Å². The smallest absolute Gasteiger partial charge is 0.283 e. The predicted octanol–water partition coefficient (Wildman–Crippen LogP) is 2.80. The number of likely N-dealkylation sites (N-methyl/N-ethyl adjacent to an activating group) is 1. The number of aryl methyl sites for hydroxylation is 1. The number of rotatable bonds is 8. The summed E-state index contributed by atoms with van der Waals surface area (Å²) in [6.07, 6.45) is 3.68. The lowest BCUT2D eigenvalue weighted by atomic mass is 10.0. The third-order valence-electron chi connectivity index (χ3n) is 3.12. The van der Waals surface area contributed by atoms with Gasteiger partial charge in [-0.2, -0.15) is 5.10 Å². The van der Waals surface area contributed by atoms with Gasteiger partial charge in [0.15, 0.2) is 0 Å². The Balaban J connectivity index is 2.93. The minimum Gasteiger partial charge on any atom is -0.379 e. The lowest BCUT2D eigenvalue weighted by Crippen LogP contribution is -2.34. The number of halogens is 1. The predicted molar refractivity (Wildman–Crippen MR) is 91.9 cm³/mol. The maximum Gasteiger partial charge on any atom is 0.283 e. The first-order chi connectivity index (χ1) is 9.85. The molecule has 1 aromatic rings. The van der Waals surface area contributed by atoms with Crippen LogP contribution in [0.4, 0.5) is 5.69 Å². The van der Waals surface area contributed by atoms with Gasteiger partial charge >= 0.3 is 0 Å². The van der Waals surface area contributed by atoms with E-state index in [9.17, 15) is 4.79 Å². The van der Waals surface area contributed by atoms with Gasteiger partial charge in [-0.25, -0.2) is 4.68 Å². The SMILES string of the molecule is CCCn1ncc(NC(CC(C)C)CN(C)C)c(Br)c1=O. The first kappa shape index (κ1) is 18.2. The monoisotopic (exact) mass is 358 g/mol. The van der Waals surface area contributed by atoms with Crippen LogP contribution in [0.1, 0.15) is 33.6 Å². The summed E-state index contributed by atoms with van der Waals surface area (Å²) in [5.41, 5.74) is 0.704. The summed E-state index contributed by atoms with van der Waals surface area (Å²) in [5, 5.41) is 7.69. The molecule has 0 spiro atoms. The highest BCUT2D eigenvalue weighted by molar-refractivity contribution is 9.10. The van der Waals surface area contributed by atoms with Gasteiger partial charge in [0.1, 0.15) is 4.47 Å². The van der Waals surface area contributed by atoms with Crippen molar-refractivity contribution in [3.63, 3.8) is 0 Å². The zero-order chi connectivity index (χ0) is 16.0. The zero-order valence-electron chi connectivity index (χ0n) is 13.7. The van der Waals surface area contributed by atoms with Gasteiger partial charge in [0, 0.05) is 19.1 Å². The van der Waals surface area contributed by atoms with E-state index >= 15 is 0 Å². The molecule has 0 aliphatic rings. The van der Waals surface area contributed by atoms with Crippen LogP contribution in [0.3, 0.4) is 0 Å². The van der Waals surface area contributed by atoms with Gasteiger partial charge in [-0.05, 0) is 48.8 Å². The van der Waals surface area contributed by atoms with Crippen LogP contribution >= 0.6 is 15.9 Å². The van der Waals surface area contributed by atoms with Crippen molar-refractivity contribution in [1.82, 2.24) is 14.7 Å². The summed E-state index contributed by atoms with van der Waals surface area (Å²) < 4.78 is 2.07. The van der Waals surface area contributed by atoms with Crippen LogP contribution in [0, 0.1) is 5.92 Å². The number of aromatic nitrogens is 2. The van der Waals surface area contributed by atoms with Gasteiger partial charge in [-0.15, -0.1) is 0 Å². The van der Waals surface area contributed by atoms with Gasteiger partial charge in [-0.1, -0.05) is 20.8 Å². The summed E-state index contributed by atoms with van der Waals surface area (Å²) in [5.74, 6) is 0.592. The molecule has 1 unspecified atom stereocenters. The molecule has 0 fully saturated rings. The topological polar surface area (TPSA) is 50.2 Å². The van der Waals surface area contributed by atoms with E-state index < -0.39 is 0 Å². The van der Waals surface area contributed by atoms with E-state index in [1.54, 1.807) is 6.20 Å². The first-order valence-electron chi connectivity index (χ1n) is 7.52. The molecule has 1 atom stereocenters. The van der Waals surface area contributed by atoms with Crippen molar-refractivity contribution in [2.75, 3.05) is 26.0 Å². The van der Waals surface area contributed by atoms with Crippen molar-refractivity contribution in [1.29, 1.82) is 0 Å². The Labute approximate surface area is 135 Å². The van der Waals surface area contributed by atoms with Gasteiger partial charge in [0.2, 0.25) is 0 Å². The molecule has 21 heavy (non-hydrogen) atoms. The van der Waals surface area contributed by atoms with Crippen molar-refractivity contribution in [3.05, 3.63) is 21.0 Å². The Morgan fingerprint density at radius 2 is 2.10 bits per heavy atom. The summed E-state index contributed by atoms with van der Waals surface area (Å²) in [6, 6.07) is 0.291. The van der Waals surface area contributed by atoms with Crippen LogP contribution in [-0.4, -0.2) is 41.4 Å². The summed E-state index contributed by atoms with van der Waals surface area (Å²) >= 11 is 3.41. The van der Waals surface area contributed by atoms with Gasteiger partial charge in [0.05, 0.1) is 11.9 Å². The standard InChI is InChI=1S/C15H27BrN4O/c1-6-7-20-15(21)14(16)13(9-17-20)18-12(8-11(2)3)10-19(4)5/h9,11-12,18H,6-8,10H2,1-5H3. The highest BCUT2D eigenvalue weighted by Gasteiger charge is 2.15. The maximum absolute atomic E-state index is 12.2. The molecule has 1 N–H and O–H groups in total. The molecule has 0 aromatic carbocycles. The third-order valence-corrected chi connectivity index (χ3v) is 3.89. The molecule has 0 saturated heterocycles. The third kappa shape index (κ3) is 5.79. The molecule has 1 heterocycles. The van der Waals surface area contributed by atoms with Crippen molar-refractivity contribution in [2.45, 2.75) is 46.2 Å². The minimum atomic E-state index is -0.0741. The molecule has 0 aliphatic carbocycles. The summed E-state index contributed by atoms with van der Waals surface area (Å²) in [7, 11) is 4.11. The Morgan fingerprint density at radius 3 is 2.62 bits per heavy atom. The Hall–Kier alpha value is -0.880. The quantitative estimate of drug-likeness (QED) is 0.776. The van der Waals surface area contributed by atoms with Crippen LogP contribution in [-0.2, 0) is 6.54 Å². The Morgan fingerprint density at radius 1 is 1.43 bits per heavy atom. The second kappa shape index (κ2) is 8.54. The number of hydrogen-bond donors (Lipinski definition) is 1. The average Bonchev–Trinajstić information content (AvgIpc) is 2.37. The first-order valence-corrected chi connectivity index (χ1v) is 8.31. The van der Waals surface area contributed by atoms with Crippen molar-refractivity contribution in [2.24, 2.45) is 5.92 Å². The van der Waals surface area contributed by atoms with Crippen LogP contribution in [0.15, 0.2) is 15.5 Å². The van der Waals surface area contributed by atoms with E-state index in [0.29, 0.717) is 23.0 Å². The molecule has 0 radical (unpaired) electrons. The molecule has 0 saturated carbocycles. The van der Waals surface area contributed by atoms with Crippen LogP contribution in [0.2, 0.25) is 0 Å². The van der Waals surface area contributed by atoms with E-state index in [2.05, 4.69) is 59.2 Å². The van der Waals surface area contributed by atoms with E-state index in [-0.39, 0.29) is 5.56 Å². The highest BCUT2D eigenvalue weighted by Crippen LogP contribution is 2.19. The fourth-order valence-corrected chi connectivity index (χ4v) is 2.77. The fourth-order valence-electron chi connectivity index (χ4n) is 2.35. The number of nitrogens with zero attached hydrogens (tertiary/aromatic N) is 3. The summed E-state index contributed by atoms with van der Waals surface area (Å²) in [6.45, 7) is 8.01. The van der Waals surface area contributed by atoms with Crippen molar-refractivity contribution in [3.8, 4) is 0 Å². The molecular formula is C15H27BrN4O. The van der Waals surface area contributed by atoms with Crippen LogP contribution in [0.5, 0.6) is 0 Å². The minimum absolute atomic E-state index is 0.0741. The molecule has 0 amide bonds. The highest BCUT2D eigenvalue weighted by atomic mass is 79.9. The van der Waals surface area contributed by atoms with E-state index in [4.69, 9.17) is 0 Å².